The summed E-state index contributed by atoms with van der Waals surface area (Å²) in [6.45, 7) is 3.74. The quantitative estimate of drug-likeness (QED) is 0.608. The van der Waals surface area contributed by atoms with Gasteiger partial charge in [0.1, 0.15) is 5.75 Å². The lowest BCUT2D eigenvalue weighted by Gasteiger charge is -2.08. The zero-order valence-electron chi connectivity index (χ0n) is 10.0. The fraction of sp³-hybridized carbons (Fsp3) is 0.385. The molecule has 92 valence electrons. The number of aliphatic carboxylic acids is 1. The number of hydrogen-bond donors (Lipinski definition) is 1. The van der Waals surface area contributed by atoms with Gasteiger partial charge in [-0.05, 0) is 44.0 Å². The van der Waals surface area contributed by atoms with Gasteiger partial charge in [-0.2, -0.15) is 0 Å². The molecule has 0 aliphatic heterocycles. The molecule has 0 saturated heterocycles. The predicted octanol–water partition coefficient (Wildman–Crippen LogP) is 2.44. The van der Waals surface area contributed by atoms with Gasteiger partial charge in [0.2, 0.25) is 0 Å². The molecule has 0 aliphatic rings. The van der Waals surface area contributed by atoms with Crippen LogP contribution in [0.3, 0.4) is 0 Å². The van der Waals surface area contributed by atoms with Crippen molar-refractivity contribution in [3.63, 3.8) is 0 Å². The lowest BCUT2D eigenvalue weighted by molar-refractivity contribution is -0.137. The molecule has 0 unspecified atom stereocenters. The standard InChI is InChI=1S/C13H16O4/c1-9-8-11(5-6-12(9)10(2)14)17-7-3-4-13(15)16/h5-6,8H,3-4,7H2,1-2H3,(H,15,16). The van der Waals surface area contributed by atoms with Crippen molar-refractivity contribution < 1.29 is 19.4 Å². The van der Waals surface area contributed by atoms with E-state index >= 15 is 0 Å². The highest BCUT2D eigenvalue weighted by Crippen LogP contribution is 2.17. The number of carboxylic acids is 1. The summed E-state index contributed by atoms with van der Waals surface area (Å²) in [6.07, 6.45) is 0.577. The Morgan fingerprint density at radius 2 is 2.06 bits per heavy atom. The molecule has 0 atom stereocenters. The normalized spacial score (nSPS) is 10.0. The molecule has 1 aromatic carbocycles. The summed E-state index contributed by atoms with van der Waals surface area (Å²) in [6, 6.07) is 5.24. The summed E-state index contributed by atoms with van der Waals surface area (Å²) in [5, 5.41) is 8.46. The van der Waals surface area contributed by atoms with Gasteiger partial charge in [0.05, 0.1) is 6.61 Å². The van der Waals surface area contributed by atoms with E-state index in [1.807, 2.05) is 6.92 Å². The van der Waals surface area contributed by atoms with Gasteiger partial charge in [-0.15, -0.1) is 0 Å². The van der Waals surface area contributed by atoms with Gasteiger partial charge in [0.15, 0.2) is 5.78 Å². The Labute approximate surface area is 100 Å². The molecule has 1 rings (SSSR count). The van der Waals surface area contributed by atoms with Gasteiger partial charge >= 0.3 is 5.97 Å². The molecule has 0 aliphatic carbocycles. The molecule has 0 amide bonds. The number of carbonyl (C=O) groups excluding carboxylic acids is 1. The molecule has 17 heavy (non-hydrogen) atoms. The van der Waals surface area contributed by atoms with Crippen LogP contribution in [0, 0.1) is 6.92 Å². The number of ether oxygens (including phenoxy) is 1. The summed E-state index contributed by atoms with van der Waals surface area (Å²) >= 11 is 0. The van der Waals surface area contributed by atoms with E-state index in [-0.39, 0.29) is 12.2 Å². The van der Waals surface area contributed by atoms with Crippen LogP contribution in [0.4, 0.5) is 0 Å². The Hall–Kier alpha value is -1.84. The smallest absolute Gasteiger partial charge is 0.303 e. The van der Waals surface area contributed by atoms with Crippen molar-refractivity contribution in [1.82, 2.24) is 0 Å². The third kappa shape index (κ3) is 4.26. The number of aryl methyl sites for hydroxylation is 1. The number of carbonyl (C=O) groups is 2. The van der Waals surface area contributed by atoms with Crippen molar-refractivity contribution in [2.45, 2.75) is 26.7 Å². The molecule has 1 N–H and O–H groups in total. The number of rotatable bonds is 6. The van der Waals surface area contributed by atoms with Gasteiger partial charge < -0.3 is 9.84 Å². The number of benzene rings is 1. The van der Waals surface area contributed by atoms with Crippen LogP contribution in [-0.4, -0.2) is 23.5 Å². The largest absolute Gasteiger partial charge is 0.494 e. The van der Waals surface area contributed by atoms with Crippen LogP contribution in [0.5, 0.6) is 5.75 Å². The minimum atomic E-state index is -0.822. The van der Waals surface area contributed by atoms with E-state index in [1.165, 1.54) is 6.92 Å². The number of carboxylic acid groups (broad SMARTS) is 1. The molecule has 0 saturated carbocycles. The van der Waals surface area contributed by atoms with Gasteiger partial charge in [-0.25, -0.2) is 0 Å². The second-order valence-corrected chi connectivity index (χ2v) is 3.88. The molecule has 4 nitrogen and oxygen atoms in total. The van der Waals surface area contributed by atoms with Crippen LogP contribution < -0.4 is 4.74 Å². The zero-order valence-corrected chi connectivity index (χ0v) is 10.0. The lowest BCUT2D eigenvalue weighted by Crippen LogP contribution is -2.03. The van der Waals surface area contributed by atoms with Crippen LogP contribution in [0.25, 0.3) is 0 Å². The second-order valence-electron chi connectivity index (χ2n) is 3.88. The molecule has 0 bridgehead atoms. The van der Waals surface area contributed by atoms with Crippen LogP contribution in [0.2, 0.25) is 0 Å². The third-order valence-electron chi connectivity index (χ3n) is 2.38. The van der Waals surface area contributed by atoms with Crippen molar-refractivity contribution in [2.24, 2.45) is 0 Å². The number of hydrogen-bond acceptors (Lipinski definition) is 3. The topological polar surface area (TPSA) is 63.6 Å². The van der Waals surface area contributed by atoms with Crippen molar-refractivity contribution in [3.05, 3.63) is 29.3 Å². The Balaban J connectivity index is 2.53. The highest BCUT2D eigenvalue weighted by Gasteiger charge is 2.05. The van der Waals surface area contributed by atoms with E-state index in [4.69, 9.17) is 9.84 Å². The summed E-state index contributed by atoms with van der Waals surface area (Å²) in [4.78, 5) is 21.5. The maximum absolute atomic E-state index is 11.2. The molecule has 4 heteroatoms. The number of ketones is 1. The fourth-order valence-electron chi connectivity index (χ4n) is 1.53. The molecular weight excluding hydrogens is 220 g/mol. The first kappa shape index (κ1) is 13.2. The molecule has 0 fully saturated rings. The molecule has 0 aromatic heterocycles. The predicted molar refractivity (Wildman–Crippen MR) is 63.5 cm³/mol. The minimum Gasteiger partial charge on any atom is -0.494 e. The maximum atomic E-state index is 11.2. The van der Waals surface area contributed by atoms with Crippen LogP contribution in [0.1, 0.15) is 35.7 Å². The SMILES string of the molecule is CC(=O)c1ccc(OCCCC(=O)O)cc1C. The van der Waals surface area contributed by atoms with Crippen molar-refractivity contribution in [1.29, 1.82) is 0 Å². The highest BCUT2D eigenvalue weighted by atomic mass is 16.5. The van der Waals surface area contributed by atoms with Crippen LogP contribution in [-0.2, 0) is 4.79 Å². The summed E-state index contributed by atoms with van der Waals surface area (Å²) in [5.74, 6) is -0.130. The second kappa shape index (κ2) is 6.03. The fourth-order valence-corrected chi connectivity index (χ4v) is 1.53. The molecular formula is C13H16O4. The number of Topliss-reactive ketones (excluding diaryl/α,β-unsaturated/α-hetero) is 1. The summed E-state index contributed by atoms with van der Waals surface area (Å²) in [5.41, 5.74) is 1.55. The minimum absolute atomic E-state index is 0.0277. The first-order chi connectivity index (χ1) is 8.00. The van der Waals surface area contributed by atoms with Gasteiger partial charge in [-0.3, -0.25) is 9.59 Å². The molecule has 1 aromatic rings. The Kier molecular flexibility index (Phi) is 4.69. The van der Waals surface area contributed by atoms with Crippen LogP contribution >= 0.6 is 0 Å². The Morgan fingerprint density at radius 3 is 2.59 bits per heavy atom. The third-order valence-corrected chi connectivity index (χ3v) is 2.38. The maximum Gasteiger partial charge on any atom is 0.303 e. The van der Waals surface area contributed by atoms with Crippen molar-refractivity contribution in [3.8, 4) is 5.75 Å². The van der Waals surface area contributed by atoms with E-state index < -0.39 is 5.97 Å². The van der Waals surface area contributed by atoms with Crippen molar-refractivity contribution >= 4 is 11.8 Å². The van der Waals surface area contributed by atoms with Gasteiger partial charge in [0, 0.05) is 12.0 Å². The first-order valence-electron chi connectivity index (χ1n) is 5.47. The highest BCUT2D eigenvalue weighted by molar-refractivity contribution is 5.95. The van der Waals surface area contributed by atoms with Gasteiger partial charge in [0.25, 0.3) is 0 Å². The zero-order chi connectivity index (χ0) is 12.8. The van der Waals surface area contributed by atoms with E-state index in [2.05, 4.69) is 0 Å². The molecule has 0 radical (unpaired) electrons. The molecule has 0 heterocycles. The van der Waals surface area contributed by atoms with E-state index in [0.717, 1.165) is 5.56 Å². The van der Waals surface area contributed by atoms with E-state index in [1.54, 1.807) is 18.2 Å². The first-order valence-corrected chi connectivity index (χ1v) is 5.47. The van der Waals surface area contributed by atoms with Crippen LogP contribution in [0.15, 0.2) is 18.2 Å². The van der Waals surface area contributed by atoms with E-state index in [0.29, 0.717) is 24.3 Å². The Bertz CT molecular complexity index is 423. The lowest BCUT2D eigenvalue weighted by atomic mass is 10.1. The summed E-state index contributed by atoms with van der Waals surface area (Å²) in [7, 11) is 0. The monoisotopic (exact) mass is 236 g/mol. The average Bonchev–Trinajstić information content (AvgIpc) is 2.23. The van der Waals surface area contributed by atoms with Crippen molar-refractivity contribution in [2.75, 3.05) is 6.61 Å². The molecule has 0 spiro atoms. The average molecular weight is 236 g/mol. The van der Waals surface area contributed by atoms with Gasteiger partial charge in [-0.1, -0.05) is 0 Å². The Morgan fingerprint density at radius 1 is 1.35 bits per heavy atom. The van der Waals surface area contributed by atoms with E-state index in [9.17, 15) is 9.59 Å². The summed E-state index contributed by atoms with van der Waals surface area (Å²) < 4.78 is 5.40.